The fraction of sp³-hybridized carbons (Fsp3) is 0.667. The van der Waals surface area contributed by atoms with Gasteiger partial charge in [-0.15, -0.1) is 11.3 Å². The van der Waals surface area contributed by atoms with E-state index in [0.717, 1.165) is 35.0 Å². The van der Waals surface area contributed by atoms with Crippen LogP contribution in [-0.4, -0.2) is 37.2 Å². The van der Waals surface area contributed by atoms with Crippen LogP contribution >= 0.6 is 38.9 Å². The summed E-state index contributed by atoms with van der Waals surface area (Å²) in [5, 5.41) is 0. The van der Waals surface area contributed by atoms with Gasteiger partial charge in [0.2, 0.25) is 0 Å². The number of nitrogens with two attached hydrogens (primary N) is 1. The second kappa shape index (κ2) is 6.68. The summed E-state index contributed by atoms with van der Waals surface area (Å²) < 4.78 is 7.31. The predicted molar refractivity (Wildman–Crippen MR) is 80.4 cm³/mol. The molecule has 0 aliphatic carbocycles. The van der Waals surface area contributed by atoms with Crippen molar-refractivity contribution < 1.29 is 4.74 Å². The number of ether oxygens (including phenoxy) is 1. The molecular weight excluding hydrogens is 336 g/mol. The average Bonchev–Trinajstić information content (AvgIpc) is 2.71. The highest BCUT2D eigenvalue weighted by Gasteiger charge is 2.29. The average molecular weight is 354 g/mol. The van der Waals surface area contributed by atoms with Gasteiger partial charge in [-0.3, -0.25) is 4.90 Å². The van der Waals surface area contributed by atoms with Crippen LogP contribution in [0, 0.1) is 0 Å². The van der Waals surface area contributed by atoms with Gasteiger partial charge in [-0.2, -0.15) is 0 Å². The molecule has 1 aliphatic rings. The van der Waals surface area contributed by atoms with Crippen molar-refractivity contribution in [3.8, 4) is 0 Å². The van der Waals surface area contributed by atoms with Gasteiger partial charge in [0.1, 0.15) is 4.34 Å². The van der Waals surface area contributed by atoms with E-state index in [-0.39, 0.29) is 6.04 Å². The fourth-order valence-corrected chi connectivity index (χ4v) is 4.24. The second-order valence-corrected chi connectivity index (χ2v) is 6.94. The lowest BCUT2D eigenvalue weighted by Crippen LogP contribution is -2.48. The maximum atomic E-state index is 6.13. The van der Waals surface area contributed by atoms with Crippen LogP contribution in [0.15, 0.2) is 10.5 Å². The largest absolute Gasteiger partial charge is 0.378 e. The van der Waals surface area contributed by atoms with Crippen molar-refractivity contribution in [3.05, 3.63) is 19.8 Å². The predicted octanol–water partition coefficient (Wildman–Crippen LogP) is 3.27. The third-order valence-corrected chi connectivity index (χ3v) is 5.94. The van der Waals surface area contributed by atoms with Crippen LogP contribution < -0.4 is 5.73 Å². The van der Waals surface area contributed by atoms with E-state index in [1.54, 1.807) is 11.3 Å². The summed E-state index contributed by atoms with van der Waals surface area (Å²) in [7, 11) is 0. The molecule has 2 rings (SSSR count). The molecule has 1 aromatic rings. The van der Waals surface area contributed by atoms with E-state index in [2.05, 4.69) is 33.8 Å². The maximum absolute atomic E-state index is 6.13. The first kappa shape index (κ1) is 14.8. The Kier molecular flexibility index (Phi) is 5.47. The minimum absolute atomic E-state index is 0.243. The molecule has 0 saturated carbocycles. The number of hydrogen-bond donors (Lipinski definition) is 1. The van der Waals surface area contributed by atoms with Crippen LogP contribution in [-0.2, 0) is 4.74 Å². The normalized spacial score (nSPS) is 23.2. The molecule has 18 heavy (non-hydrogen) atoms. The van der Waals surface area contributed by atoms with Gasteiger partial charge < -0.3 is 10.5 Å². The summed E-state index contributed by atoms with van der Waals surface area (Å²) in [4.78, 5) is 3.69. The molecule has 1 aliphatic heterocycles. The molecule has 1 aromatic heterocycles. The summed E-state index contributed by atoms with van der Waals surface area (Å²) in [6.45, 7) is 5.32. The zero-order valence-corrected chi connectivity index (χ0v) is 13.5. The molecular formula is C12H18BrClN2OS. The Morgan fingerprint density at radius 3 is 3.06 bits per heavy atom. The van der Waals surface area contributed by atoms with Crippen LogP contribution in [0.2, 0.25) is 4.34 Å². The third-order valence-electron chi connectivity index (χ3n) is 3.36. The third kappa shape index (κ3) is 3.08. The maximum Gasteiger partial charge on any atom is 0.107 e. The first-order chi connectivity index (χ1) is 8.67. The molecule has 0 spiro atoms. The highest BCUT2D eigenvalue weighted by atomic mass is 79.9. The molecule has 2 unspecified atom stereocenters. The van der Waals surface area contributed by atoms with E-state index < -0.39 is 0 Å². The summed E-state index contributed by atoms with van der Waals surface area (Å²) >= 11 is 11.2. The molecule has 0 bridgehead atoms. The SMILES string of the molecule is CCC1COCCN1C(CN)c1cc(Br)c(Cl)s1. The van der Waals surface area contributed by atoms with E-state index in [1.165, 1.54) is 4.88 Å². The number of morpholine rings is 1. The minimum Gasteiger partial charge on any atom is -0.378 e. The molecule has 2 atom stereocenters. The molecule has 1 fully saturated rings. The molecule has 2 heterocycles. The first-order valence-electron chi connectivity index (χ1n) is 6.15. The Labute approximate surface area is 125 Å². The minimum atomic E-state index is 0.243. The Bertz CT molecular complexity index is 382. The van der Waals surface area contributed by atoms with Gasteiger partial charge in [0.15, 0.2) is 0 Å². The summed E-state index contributed by atoms with van der Waals surface area (Å²) in [6, 6.07) is 2.78. The lowest BCUT2D eigenvalue weighted by atomic mass is 10.1. The number of rotatable bonds is 4. The molecule has 0 amide bonds. The van der Waals surface area contributed by atoms with Gasteiger partial charge in [0, 0.05) is 28.5 Å². The van der Waals surface area contributed by atoms with E-state index in [9.17, 15) is 0 Å². The fourth-order valence-electron chi connectivity index (χ4n) is 2.37. The van der Waals surface area contributed by atoms with Crippen molar-refractivity contribution in [1.29, 1.82) is 0 Å². The van der Waals surface area contributed by atoms with Crippen LogP contribution in [0.4, 0.5) is 0 Å². The molecule has 6 heteroatoms. The highest BCUT2D eigenvalue weighted by Crippen LogP contribution is 2.37. The van der Waals surface area contributed by atoms with Crippen molar-refractivity contribution in [2.75, 3.05) is 26.3 Å². The summed E-state index contributed by atoms with van der Waals surface area (Å²) in [5.41, 5.74) is 5.98. The zero-order valence-electron chi connectivity index (χ0n) is 10.4. The monoisotopic (exact) mass is 352 g/mol. The Balaban J connectivity index is 2.21. The summed E-state index contributed by atoms with van der Waals surface area (Å²) in [5.74, 6) is 0. The topological polar surface area (TPSA) is 38.5 Å². The van der Waals surface area contributed by atoms with Crippen molar-refractivity contribution in [2.24, 2.45) is 5.73 Å². The highest BCUT2D eigenvalue weighted by molar-refractivity contribution is 9.10. The lowest BCUT2D eigenvalue weighted by molar-refractivity contribution is -0.0284. The van der Waals surface area contributed by atoms with Crippen LogP contribution in [0.1, 0.15) is 24.3 Å². The number of halogens is 2. The van der Waals surface area contributed by atoms with Crippen molar-refractivity contribution >= 4 is 38.9 Å². The van der Waals surface area contributed by atoms with Crippen LogP contribution in [0.3, 0.4) is 0 Å². The van der Waals surface area contributed by atoms with Gasteiger partial charge in [-0.05, 0) is 28.4 Å². The van der Waals surface area contributed by atoms with Crippen molar-refractivity contribution in [1.82, 2.24) is 4.90 Å². The second-order valence-electron chi connectivity index (χ2n) is 4.40. The smallest absolute Gasteiger partial charge is 0.107 e. The lowest BCUT2D eigenvalue weighted by Gasteiger charge is -2.40. The number of thiophene rings is 1. The van der Waals surface area contributed by atoms with E-state index in [1.807, 2.05) is 0 Å². The number of nitrogens with zero attached hydrogens (tertiary/aromatic N) is 1. The first-order valence-corrected chi connectivity index (χ1v) is 8.14. The zero-order chi connectivity index (χ0) is 13.1. The summed E-state index contributed by atoms with van der Waals surface area (Å²) in [6.07, 6.45) is 1.08. The Morgan fingerprint density at radius 1 is 1.72 bits per heavy atom. The standard InChI is InChI=1S/C12H18BrClN2OS/c1-2-8-7-17-4-3-16(8)10(6-15)11-5-9(13)12(14)18-11/h5,8,10H,2-4,6-7,15H2,1H3. The molecule has 2 N–H and O–H groups in total. The van der Waals surface area contributed by atoms with E-state index in [0.29, 0.717) is 12.6 Å². The van der Waals surface area contributed by atoms with E-state index in [4.69, 9.17) is 22.1 Å². The van der Waals surface area contributed by atoms with Gasteiger partial charge >= 0.3 is 0 Å². The van der Waals surface area contributed by atoms with Crippen molar-refractivity contribution in [3.63, 3.8) is 0 Å². The van der Waals surface area contributed by atoms with E-state index >= 15 is 0 Å². The molecule has 0 aromatic carbocycles. The number of hydrogen-bond acceptors (Lipinski definition) is 4. The Hall–Kier alpha value is 0.350. The molecule has 1 saturated heterocycles. The van der Waals surface area contributed by atoms with Gasteiger partial charge in [0.05, 0.1) is 19.3 Å². The van der Waals surface area contributed by atoms with Gasteiger partial charge in [0.25, 0.3) is 0 Å². The Morgan fingerprint density at radius 2 is 2.50 bits per heavy atom. The van der Waals surface area contributed by atoms with Crippen LogP contribution in [0.25, 0.3) is 0 Å². The molecule has 0 radical (unpaired) electrons. The van der Waals surface area contributed by atoms with Gasteiger partial charge in [-0.1, -0.05) is 18.5 Å². The molecule has 102 valence electrons. The van der Waals surface area contributed by atoms with Crippen molar-refractivity contribution in [2.45, 2.75) is 25.4 Å². The molecule has 3 nitrogen and oxygen atoms in total. The van der Waals surface area contributed by atoms with Gasteiger partial charge in [-0.25, -0.2) is 0 Å². The quantitative estimate of drug-likeness (QED) is 0.903. The van der Waals surface area contributed by atoms with Crippen LogP contribution in [0.5, 0.6) is 0 Å².